The molecule has 1 aromatic carbocycles. The first kappa shape index (κ1) is 11.6. The molecule has 1 saturated heterocycles. The van der Waals surface area contributed by atoms with Gasteiger partial charge in [-0.15, -0.1) is 0 Å². The number of anilines is 2. The van der Waals surface area contributed by atoms with Crippen molar-refractivity contribution in [2.24, 2.45) is 0 Å². The van der Waals surface area contributed by atoms with Crippen LogP contribution in [0, 0.1) is 6.92 Å². The summed E-state index contributed by atoms with van der Waals surface area (Å²) in [4.78, 5) is 2.48. The van der Waals surface area contributed by atoms with Gasteiger partial charge in [0.25, 0.3) is 0 Å². The van der Waals surface area contributed by atoms with E-state index in [4.69, 9.17) is 5.73 Å². The number of aryl methyl sites for hydroxylation is 1. The van der Waals surface area contributed by atoms with E-state index in [2.05, 4.69) is 42.6 Å². The molecule has 16 heavy (non-hydrogen) atoms. The van der Waals surface area contributed by atoms with Crippen LogP contribution >= 0.6 is 11.8 Å². The van der Waals surface area contributed by atoms with Gasteiger partial charge in [0.15, 0.2) is 0 Å². The summed E-state index contributed by atoms with van der Waals surface area (Å²) in [5.74, 6) is 1.24. The predicted octanol–water partition coefficient (Wildman–Crippen LogP) is 2.91. The second-order valence-corrected chi connectivity index (χ2v) is 5.80. The Kier molecular flexibility index (Phi) is 3.64. The fourth-order valence-corrected chi connectivity index (χ4v) is 3.24. The molecule has 2 nitrogen and oxygen atoms in total. The molecule has 1 aliphatic heterocycles. The summed E-state index contributed by atoms with van der Waals surface area (Å²) in [6, 6.07) is 6.37. The van der Waals surface area contributed by atoms with Gasteiger partial charge in [0.1, 0.15) is 0 Å². The lowest BCUT2D eigenvalue weighted by atomic mass is 10.1. The van der Waals surface area contributed by atoms with Crippen molar-refractivity contribution in [2.75, 3.05) is 29.5 Å². The Balaban J connectivity index is 2.13. The third-order valence-corrected chi connectivity index (χ3v) is 4.58. The van der Waals surface area contributed by atoms with E-state index >= 15 is 0 Å². The lowest BCUT2D eigenvalue weighted by Gasteiger charge is -2.34. The van der Waals surface area contributed by atoms with E-state index in [0.29, 0.717) is 0 Å². The summed E-state index contributed by atoms with van der Waals surface area (Å²) in [7, 11) is 0. The van der Waals surface area contributed by atoms with Crippen molar-refractivity contribution < 1.29 is 0 Å². The zero-order valence-corrected chi connectivity index (χ0v) is 10.9. The van der Waals surface area contributed by atoms with Crippen LogP contribution in [-0.4, -0.2) is 24.1 Å². The number of nitrogens with two attached hydrogens (primary N) is 1. The Morgan fingerprint density at radius 3 is 3.00 bits per heavy atom. The second kappa shape index (κ2) is 5.00. The van der Waals surface area contributed by atoms with Gasteiger partial charge >= 0.3 is 0 Å². The summed E-state index contributed by atoms with van der Waals surface area (Å²) in [6.45, 7) is 6.68. The molecular formula is C13H20N2S. The van der Waals surface area contributed by atoms with Gasteiger partial charge < -0.3 is 10.6 Å². The molecule has 1 heterocycles. The van der Waals surface area contributed by atoms with E-state index in [9.17, 15) is 0 Å². The van der Waals surface area contributed by atoms with Gasteiger partial charge in [0.2, 0.25) is 0 Å². The molecule has 2 rings (SSSR count). The summed E-state index contributed by atoms with van der Waals surface area (Å²) in [6.07, 6.45) is 1.26. The molecule has 0 saturated carbocycles. The number of nitrogen functional groups attached to an aromatic ring is 1. The molecule has 88 valence electrons. The van der Waals surface area contributed by atoms with E-state index < -0.39 is 0 Å². The highest BCUT2D eigenvalue weighted by Gasteiger charge is 2.19. The fraction of sp³-hybridized carbons (Fsp3) is 0.538. The van der Waals surface area contributed by atoms with E-state index in [1.165, 1.54) is 30.0 Å². The van der Waals surface area contributed by atoms with Crippen molar-refractivity contribution in [3.63, 3.8) is 0 Å². The van der Waals surface area contributed by atoms with Gasteiger partial charge in [-0.05, 0) is 37.1 Å². The van der Waals surface area contributed by atoms with Gasteiger partial charge in [0, 0.05) is 35.5 Å². The van der Waals surface area contributed by atoms with Crippen LogP contribution < -0.4 is 10.6 Å². The van der Waals surface area contributed by atoms with Gasteiger partial charge in [0.05, 0.1) is 0 Å². The van der Waals surface area contributed by atoms with Gasteiger partial charge in [-0.25, -0.2) is 0 Å². The summed E-state index contributed by atoms with van der Waals surface area (Å²) < 4.78 is 0. The highest BCUT2D eigenvalue weighted by Crippen LogP contribution is 2.27. The van der Waals surface area contributed by atoms with Crippen LogP contribution in [0.15, 0.2) is 18.2 Å². The van der Waals surface area contributed by atoms with Gasteiger partial charge in [-0.3, -0.25) is 0 Å². The molecule has 1 atom stereocenters. The number of benzene rings is 1. The van der Waals surface area contributed by atoms with Gasteiger partial charge in [-0.2, -0.15) is 11.8 Å². The molecule has 1 unspecified atom stereocenters. The Morgan fingerprint density at radius 1 is 1.50 bits per heavy atom. The van der Waals surface area contributed by atoms with E-state index in [1.54, 1.807) is 0 Å². The maximum Gasteiger partial charge on any atom is 0.0371 e. The van der Waals surface area contributed by atoms with Crippen LogP contribution in [0.25, 0.3) is 0 Å². The maximum atomic E-state index is 5.85. The van der Waals surface area contributed by atoms with Crippen molar-refractivity contribution in [3.8, 4) is 0 Å². The minimum absolute atomic E-state index is 0.784. The zero-order chi connectivity index (χ0) is 11.5. The highest BCUT2D eigenvalue weighted by molar-refractivity contribution is 8.00. The standard InChI is InChI=1S/C13H20N2S/c1-3-12-9-15(6-7-16-12)11-4-5-13(14)10(2)8-11/h4-5,8,12H,3,6-7,9,14H2,1-2H3. The second-order valence-electron chi connectivity index (χ2n) is 4.39. The average molecular weight is 236 g/mol. The molecule has 0 aliphatic carbocycles. The monoisotopic (exact) mass is 236 g/mol. The van der Waals surface area contributed by atoms with E-state index in [0.717, 1.165) is 17.5 Å². The topological polar surface area (TPSA) is 29.3 Å². The van der Waals surface area contributed by atoms with Crippen molar-refractivity contribution in [2.45, 2.75) is 25.5 Å². The molecule has 0 bridgehead atoms. The Hall–Kier alpha value is -0.830. The zero-order valence-electron chi connectivity index (χ0n) is 10.1. The Labute approximate surface area is 102 Å². The van der Waals surface area contributed by atoms with E-state index in [1.807, 2.05) is 6.07 Å². The largest absolute Gasteiger partial charge is 0.399 e. The third-order valence-electron chi connectivity index (χ3n) is 3.21. The summed E-state index contributed by atoms with van der Waals surface area (Å²) in [5.41, 5.74) is 9.25. The summed E-state index contributed by atoms with van der Waals surface area (Å²) >= 11 is 2.10. The average Bonchev–Trinajstić information content (AvgIpc) is 2.33. The van der Waals surface area contributed by atoms with Crippen LogP contribution in [0.4, 0.5) is 11.4 Å². The maximum absolute atomic E-state index is 5.85. The SMILES string of the molecule is CCC1CN(c2ccc(N)c(C)c2)CCS1. The lowest BCUT2D eigenvalue weighted by Crippen LogP contribution is -2.37. The van der Waals surface area contributed by atoms with Crippen LogP contribution in [0.3, 0.4) is 0 Å². The minimum atomic E-state index is 0.784. The number of rotatable bonds is 2. The molecule has 0 aromatic heterocycles. The molecule has 0 radical (unpaired) electrons. The molecule has 2 N–H and O–H groups in total. The molecule has 1 aliphatic rings. The number of hydrogen-bond acceptors (Lipinski definition) is 3. The quantitative estimate of drug-likeness (QED) is 0.801. The minimum Gasteiger partial charge on any atom is -0.399 e. The van der Waals surface area contributed by atoms with Crippen LogP contribution in [0.2, 0.25) is 0 Å². The third kappa shape index (κ3) is 2.46. The Morgan fingerprint density at radius 2 is 2.31 bits per heavy atom. The lowest BCUT2D eigenvalue weighted by molar-refractivity contribution is 0.728. The van der Waals surface area contributed by atoms with Crippen molar-refractivity contribution in [1.82, 2.24) is 0 Å². The first-order valence-electron chi connectivity index (χ1n) is 5.93. The molecule has 0 spiro atoms. The highest BCUT2D eigenvalue weighted by atomic mass is 32.2. The van der Waals surface area contributed by atoms with Crippen molar-refractivity contribution in [3.05, 3.63) is 23.8 Å². The number of hydrogen-bond donors (Lipinski definition) is 1. The van der Waals surface area contributed by atoms with Crippen LogP contribution in [0.5, 0.6) is 0 Å². The van der Waals surface area contributed by atoms with Crippen molar-refractivity contribution >= 4 is 23.1 Å². The molecule has 0 amide bonds. The first-order valence-corrected chi connectivity index (χ1v) is 6.98. The first-order chi connectivity index (χ1) is 7.70. The molecular weight excluding hydrogens is 216 g/mol. The van der Waals surface area contributed by atoms with Gasteiger partial charge in [-0.1, -0.05) is 6.92 Å². The summed E-state index contributed by atoms with van der Waals surface area (Å²) in [5, 5.41) is 0.784. The van der Waals surface area contributed by atoms with Crippen LogP contribution in [-0.2, 0) is 0 Å². The number of thioether (sulfide) groups is 1. The number of nitrogens with zero attached hydrogens (tertiary/aromatic N) is 1. The van der Waals surface area contributed by atoms with E-state index in [-0.39, 0.29) is 0 Å². The predicted molar refractivity (Wildman–Crippen MR) is 74.3 cm³/mol. The molecule has 3 heteroatoms. The smallest absolute Gasteiger partial charge is 0.0371 e. The normalized spacial score (nSPS) is 21.1. The van der Waals surface area contributed by atoms with Crippen LogP contribution in [0.1, 0.15) is 18.9 Å². The molecule has 1 aromatic rings. The Bertz CT molecular complexity index is 365. The molecule has 1 fully saturated rings. The van der Waals surface area contributed by atoms with Crippen molar-refractivity contribution in [1.29, 1.82) is 0 Å². The fourth-order valence-electron chi connectivity index (χ4n) is 2.06.